The minimum Gasteiger partial charge on any atom is -0.235 e. The van der Waals surface area contributed by atoms with Gasteiger partial charge in [0.1, 0.15) is 0 Å². The Morgan fingerprint density at radius 2 is 1.95 bits per heavy atom. The van der Waals surface area contributed by atoms with Crippen molar-refractivity contribution in [3.8, 4) is 0 Å². The van der Waals surface area contributed by atoms with Crippen molar-refractivity contribution in [1.29, 1.82) is 0 Å². The molecule has 0 spiro atoms. The van der Waals surface area contributed by atoms with E-state index in [1.165, 1.54) is 16.9 Å². The predicted molar refractivity (Wildman–Crippen MR) is 90.0 cm³/mol. The van der Waals surface area contributed by atoms with E-state index in [1.807, 2.05) is 32.2 Å². The van der Waals surface area contributed by atoms with Gasteiger partial charge in [0.05, 0.1) is 5.69 Å². The van der Waals surface area contributed by atoms with Gasteiger partial charge in [0, 0.05) is 10.9 Å². The number of hydrogen-bond donors (Lipinski definition) is 1. The van der Waals surface area contributed by atoms with Crippen molar-refractivity contribution in [3.05, 3.63) is 47.0 Å². The quantitative estimate of drug-likeness (QED) is 0.907. The highest BCUT2D eigenvalue weighted by atomic mass is 32.2. The van der Waals surface area contributed by atoms with Gasteiger partial charge in [-0.2, -0.15) is 0 Å². The number of benzene rings is 1. The van der Waals surface area contributed by atoms with Crippen molar-refractivity contribution in [2.75, 3.05) is 0 Å². The maximum atomic E-state index is 12.2. The van der Waals surface area contributed by atoms with E-state index >= 15 is 0 Å². The summed E-state index contributed by atoms with van der Waals surface area (Å²) < 4.78 is 15.9. The summed E-state index contributed by atoms with van der Waals surface area (Å²) in [5.74, 6) is 0.408. The molecule has 1 heterocycles. The van der Waals surface area contributed by atoms with Crippen molar-refractivity contribution in [2.45, 2.75) is 49.9 Å². The van der Waals surface area contributed by atoms with Gasteiger partial charge in [-0.05, 0) is 38.7 Å². The lowest BCUT2D eigenvalue weighted by Gasteiger charge is -2.18. The third-order valence-corrected chi connectivity index (χ3v) is 5.60. The summed E-state index contributed by atoms with van der Waals surface area (Å²) in [5.41, 5.74) is 2.13. The Morgan fingerprint density at radius 3 is 2.57 bits per heavy atom. The molecule has 0 aliphatic heterocycles. The summed E-state index contributed by atoms with van der Waals surface area (Å²) in [6.07, 6.45) is 0.868. The fourth-order valence-corrected chi connectivity index (χ4v) is 4.02. The number of thiazole rings is 1. The number of nitrogens with zero attached hydrogens (tertiary/aromatic N) is 1. The molecule has 0 bridgehead atoms. The largest absolute Gasteiger partial charge is 0.235 e. The third-order valence-electron chi connectivity index (χ3n) is 2.97. The standard InChI is InChI=1S/C16H22N2OS2/c1-12(13-8-6-5-7-9-13)10-14-11-20-15(17-14)21(19)18-16(2,3)4/h5-9,11-12,18H,10H2,1-4H3. The lowest BCUT2D eigenvalue weighted by molar-refractivity contribution is 0.519. The Morgan fingerprint density at radius 1 is 1.29 bits per heavy atom. The molecule has 0 saturated carbocycles. The number of nitrogens with one attached hydrogen (secondary N) is 1. The van der Waals surface area contributed by atoms with E-state index in [0.29, 0.717) is 10.3 Å². The van der Waals surface area contributed by atoms with Gasteiger partial charge in [0.15, 0.2) is 15.3 Å². The van der Waals surface area contributed by atoms with Gasteiger partial charge in [-0.25, -0.2) is 13.9 Å². The van der Waals surface area contributed by atoms with E-state index < -0.39 is 11.0 Å². The fourth-order valence-electron chi connectivity index (χ4n) is 2.00. The molecular formula is C16H22N2OS2. The monoisotopic (exact) mass is 322 g/mol. The van der Waals surface area contributed by atoms with Crippen LogP contribution in [0, 0.1) is 0 Å². The van der Waals surface area contributed by atoms with Gasteiger partial charge in [-0.1, -0.05) is 37.3 Å². The molecule has 1 N–H and O–H groups in total. The molecule has 2 unspecified atom stereocenters. The van der Waals surface area contributed by atoms with Crippen molar-refractivity contribution in [1.82, 2.24) is 9.71 Å². The molecule has 114 valence electrons. The number of rotatable bonds is 5. The van der Waals surface area contributed by atoms with Gasteiger partial charge in [-0.15, -0.1) is 11.3 Å². The lowest BCUT2D eigenvalue weighted by atomic mass is 9.97. The maximum Gasteiger partial charge on any atom is 0.196 e. The van der Waals surface area contributed by atoms with Gasteiger partial charge in [0.25, 0.3) is 0 Å². The zero-order valence-corrected chi connectivity index (χ0v) is 14.6. The van der Waals surface area contributed by atoms with Crippen molar-refractivity contribution in [2.24, 2.45) is 0 Å². The van der Waals surface area contributed by atoms with Gasteiger partial charge in [0.2, 0.25) is 0 Å². The minimum absolute atomic E-state index is 0.186. The van der Waals surface area contributed by atoms with E-state index in [0.717, 1.165) is 12.1 Å². The molecule has 1 aromatic carbocycles. The van der Waals surface area contributed by atoms with Crippen LogP contribution < -0.4 is 4.72 Å². The maximum absolute atomic E-state index is 12.2. The lowest BCUT2D eigenvalue weighted by Crippen LogP contribution is -2.37. The summed E-state index contributed by atoms with van der Waals surface area (Å²) in [4.78, 5) is 4.52. The second-order valence-corrected chi connectivity index (χ2v) is 8.49. The van der Waals surface area contributed by atoms with Crippen molar-refractivity contribution >= 4 is 22.3 Å². The summed E-state index contributed by atoms with van der Waals surface area (Å²) in [6.45, 7) is 8.18. The number of aromatic nitrogens is 1. The van der Waals surface area contributed by atoms with Gasteiger partial charge in [-0.3, -0.25) is 0 Å². The van der Waals surface area contributed by atoms with Gasteiger partial charge >= 0.3 is 0 Å². The Hall–Kier alpha value is -1.04. The summed E-state index contributed by atoms with van der Waals surface area (Å²) >= 11 is 1.46. The molecule has 0 saturated heterocycles. The van der Waals surface area contributed by atoms with Crippen LogP contribution >= 0.6 is 11.3 Å². The van der Waals surface area contributed by atoms with E-state index in [1.54, 1.807) is 0 Å². The molecule has 0 amide bonds. The van der Waals surface area contributed by atoms with Crippen LogP contribution in [-0.4, -0.2) is 14.7 Å². The zero-order chi connectivity index (χ0) is 15.5. The zero-order valence-electron chi connectivity index (χ0n) is 12.9. The first kappa shape index (κ1) is 16.3. The van der Waals surface area contributed by atoms with Crippen LogP contribution in [0.5, 0.6) is 0 Å². The van der Waals surface area contributed by atoms with E-state index in [2.05, 4.69) is 40.9 Å². The summed E-state index contributed by atoms with van der Waals surface area (Å²) in [6, 6.07) is 10.4. The Kier molecular flexibility index (Phi) is 5.30. The third kappa shape index (κ3) is 5.02. The molecule has 3 nitrogen and oxygen atoms in total. The van der Waals surface area contributed by atoms with Gasteiger partial charge < -0.3 is 0 Å². The fraction of sp³-hybridized carbons (Fsp3) is 0.438. The van der Waals surface area contributed by atoms with Crippen LogP contribution in [0.25, 0.3) is 0 Å². The first-order valence-corrected chi connectivity index (χ1v) is 9.07. The second-order valence-electron chi connectivity index (χ2n) is 6.24. The molecule has 1 aromatic heterocycles. The van der Waals surface area contributed by atoms with Crippen LogP contribution in [-0.2, 0) is 17.4 Å². The van der Waals surface area contributed by atoms with E-state index in [-0.39, 0.29) is 5.54 Å². The molecule has 2 rings (SSSR count). The van der Waals surface area contributed by atoms with Crippen LogP contribution in [0.15, 0.2) is 40.1 Å². The molecule has 5 heteroatoms. The molecule has 21 heavy (non-hydrogen) atoms. The topological polar surface area (TPSA) is 42.0 Å². The molecule has 0 aliphatic carbocycles. The molecule has 2 atom stereocenters. The highest BCUT2D eigenvalue weighted by molar-refractivity contribution is 7.85. The molecule has 0 fully saturated rings. The average molecular weight is 322 g/mol. The normalized spacial score (nSPS) is 14.9. The SMILES string of the molecule is CC(Cc1csc(S(=O)NC(C)(C)C)n1)c1ccccc1. The summed E-state index contributed by atoms with van der Waals surface area (Å²) in [5, 5.41) is 2.01. The van der Waals surface area contributed by atoms with Crippen LogP contribution in [0.4, 0.5) is 0 Å². The Balaban J connectivity index is 2.02. The summed E-state index contributed by atoms with van der Waals surface area (Å²) in [7, 11) is -1.23. The molecule has 0 radical (unpaired) electrons. The number of hydrogen-bond acceptors (Lipinski definition) is 3. The van der Waals surface area contributed by atoms with E-state index in [4.69, 9.17) is 0 Å². The Labute approximate surface area is 133 Å². The van der Waals surface area contributed by atoms with Crippen molar-refractivity contribution < 1.29 is 4.21 Å². The smallest absolute Gasteiger partial charge is 0.196 e. The van der Waals surface area contributed by atoms with Crippen LogP contribution in [0.3, 0.4) is 0 Å². The molecular weight excluding hydrogens is 300 g/mol. The minimum atomic E-state index is -1.23. The Bertz CT molecular complexity index is 602. The highest BCUT2D eigenvalue weighted by Crippen LogP contribution is 2.22. The van der Waals surface area contributed by atoms with Crippen LogP contribution in [0.2, 0.25) is 0 Å². The first-order valence-electron chi connectivity index (χ1n) is 7.04. The average Bonchev–Trinajstić information content (AvgIpc) is 2.86. The first-order chi connectivity index (χ1) is 9.85. The van der Waals surface area contributed by atoms with E-state index in [9.17, 15) is 4.21 Å². The second kappa shape index (κ2) is 6.81. The highest BCUT2D eigenvalue weighted by Gasteiger charge is 2.18. The predicted octanol–water partition coefficient (Wildman–Crippen LogP) is 3.90. The van der Waals surface area contributed by atoms with Crippen molar-refractivity contribution in [3.63, 3.8) is 0 Å². The molecule has 2 aromatic rings. The molecule has 0 aliphatic rings. The van der Waals surface area contributed by atoms with Crippen LogP contribution in [0.1, 0.15) is 44.9 Å².